The van der Waals surface area contributed by atoms with Gasteiger partial charge in [0.1, 0.15) is 5.75 Å². The fourth-order valence-electron chi connectivity index (χ4n) is 1.66. The molecule has 0 atom stereocenters. The van der Waals surface area contributed by atoms with Gasteiger partial charge in [-0.25, -0.2) is 0 Å². The molecule has 2 heteroatoms. The molecule has 0 amide bonds. The van der Waals surface area contributed by atoms with Crippen molar-refractivity contribution >= 4 is 6.08 Å². The SMILES string of the molecule is C=Cc1ccccc1OCCC.CC(C)NC(C)C. The average Bonchev–Trinajstić information content (AvgIpc) is 2.35. The fraction of sp³-hybridized carbons (Fsp3) is 0.529. The first-order chi connectivity index (χ1) is 9.01. The van der Waals surface area contributed by atoms with Crippen molar-refractivity contribution in [2.24, 2.45) is 0 Å². The first-order valence-corrected chi connectivity index (χ1v) is 7.11. The van der Waals surface area contributed by atoms with Gasteiger partial charge >= 0.3 is 0 Å². The zero-order chi connectivity index (χ0) is 14.7. The van der Waals surface area contributed by atoms with E-state index in [1.165, 1.54) is 0 Å². The molecular formula is C17H29NO. The van der Waals surface area contributed by atoms with E-state index in [2.05, 4.69) is 46.5 Å². The number of para-hydroxylation sites is 1. The first kappa shape index (κ1) is 17.7. The Kier molecular flexibility index (Phi) is 9.91. The van der Waals surface area contributed by atoms with Crippen molar-refractivity contribution in [2.45, 2.75) is 53.1 Å². The molecule has 1 aromatic rings. The van der Waals surface area contributed by atoms with Gasteiger partial charge in [0.2, 0.25) is 0 Å². The maximum atomic E-state index is 5.51. The molecule has 0 aliphatic carbocycles. The molecule has 0 aliphatic rings. The van der Waals surface area contributed by atoms with E-state index < -0.39 is 0 Å². The maximum absolute atomic E-state index is 5.51. The second-order valence-electron chi connectivity index (χ2n) is 5.07. The lowest BCUT2D eigenvalue weighted by molar-refractivity contribution is 0.317. The number of hydrogen-bond acceptors (Lipinski definition) is 2. The van der Waals surface area contributed by atoms with Gasteiger partial charge in [-0.05, 0) is 12.5 Å². The van der Waals surface area contributed by atoms with Crippen molar-refractivity contribution in [1.29, 1.82) is 0 Å². The van der Waals surface area contributed by atoms with E-state index in [0.717, 1.165) is 24.3 Å². The van der Waals surface area contributed by atoms with Crippen LogP contribution in [0.1, 0.15) is 46.6 Å². The molecule has 108 valence electrons. The van der Waals surface area contributed by atoms with E-state index >= 15 is 0 Å². The number of rotatable bonds is 6. The Labute approximate surface area is 118 Å². The molecule has 0 bridgehead atoms. The highest BCUT2D eigenvalue weighted by Crippen LogP contribution is 2.18. The van der Waals surface area contributed by atoms with Gasteiger partial charge in [0, 0.05) is 17.6 Å². The van der Waals surface area contributed by atoms with Crippen LogP contribution in [-0.2, 0) is 0 Å². The molecule has 0 aromatic heterocycles. The Morgan fingerprint density at radius 3 is 2.16 bits per heavy atom. The Morgan fingerprint density at radius 2 is 1.74 bits per heavy atom. The van der Waals surface area contributed by atoms with Crippen LogP contribution in [0.25, 0.3) is 6.08 Å². The lowest BCUT2D eigenvalue weighted by Crippen LogP contribution is -2.29. The van der Waals surface area contributed by atoms with Crippen molar-refractivity contribution in [1.82, 2.24) is 5.32 Å². The van der Waals surface area contributed by atoms with Gasteiger partial charge < -0.3 is 10.1 Å². The van der Waals surface area contributed by atoms with E-state index in [9.17, 15) is 0 Å². The van der Waals surface area contributed by atoms with Gasteiger partial charge in [0.15, 0.2) is 0 Å². The van der Waals surface area contributed by atoms with Gasteiger partial charge in [-0.2, -0.15) is 0 Å². The molecule has 0 aliphatic heterocycles. The molecule has 1 rings (SSSR count). The molecule has 0 saturated carbocycles. The van der Waals surface area contributed by atoms with Crippen LogP contribution in [0, 0.1) is 0 Å². The maximum Gasteiger partial charge on any atom is 0.126 e. The molecule has 0 radical (unpaired) electrons. The van der Waals surface area contributed by atoms with E-state index in [-0.39, 0.29) is 0 Å². The highest BCUT2D eigenvalue weighted by Gasteiger charge is 1.96. The quantitative estimate of drug-likeness (QED) is 0.815. The monoisotopic (exact) mass is 263 g/mol. The number of nitrogens with one attached hydrogen (secondary N) is 1. The molecule has 1 N–H and O–H groups in total. The number of hydrogen-bond donors (Lipinski definition) is 1. The Balaban J connectivity index is 0.000000399. The standard InChI is InChI=1S/C11H14O.C6H15N/c1-3-9-12-11-8-6-5-7-10(11)4-2;1-5(2)7-6(3)4/h4-8H,2-3,9H2,1H3;5-7H,1-4H3. The van der Waals surface area contributed by atoms with E-state index in [4.69, 9.17) is 4.74 Å². The van der Waals surface area contributed by atoms with Crippen LogP contribution < -0.4 is 10.1 Å². The number of ether oxygens (including phenoxy) is 1. The third-order valence-electron chi connectivity index (χ3n) is 2.27. The van der Waals surface area contributed by atoms with Crippen LogP contribution in [0.2, 0.25) is 0 Å². The molecule has 0 spiro atoms. The van der Waals surface area contributed by atoms with Gasteiger partial charge in [0.25, 0.3) is 0 Å². The van der Waals surface area contributed by atoms with Crippen molar-refractivity contribution < 1.29 is 4.74 Å². The molecule has 0 saturated heterocycles. The summed E-state index contributed by atoms with van der Waals surface area (Å²) in [5.74, 6) is 0.925. The third-order valence-corrected chi connectivity index (χ3v) is 2.27. The van der Waals surface area contributed by atoms with Crippen molar-refractivity contribution in [3.63, 3.8) is 0 Å². The van der Waals surface area contributed by atoms with Crippen LogP contribution in [0.5, 0.6) is 5.75 Å². The summed E-state index contributed by atoms with van der Waals surface area (Å²) < 4.78 is 5.51. The van der Waals surface area contributed by atoms with E-state index in [1.807, 2.05) is 30.3 Å². The summed E-state index contributed by atoms with van der Waals surface area (Å²) in [7, 11) is 0. The second kappa shape index (κ2) is 10.6. The van der Waals surface area contributed by atoms with Gasteiger partial charge in [-0.3, -0.25) is 0 Å². The summed E-state index contributed by atoms with van der Waals surface area (Å²) in [6.45, 7) is 15.2. The van der Waals surface area contributed by atoms with Gasteiger partial charge in [0.05, 0.1) is 6.61 Å². The zero-order valence-corrected chi connectivity index (χ0v) is 13.1. The zero-order valence-electron chi connectivity index (χ0n) is 13.1. The molecule has 0 unspecified atom stereocenters. The summed E-state index contributed by atoms with van der Waals surface area (Å²) in [5.41, 5.74) is 1.06. The molecule has 0 heterocycles. The van der Waals surface area contributed by atoms with Crippen LogP contribution in [-0.4, -0.2) is 18.7 Å². The minimum Gasteiger partial charge on any atom is -0.493 e. The largest absolute Gasteiger partial charge is 0.493 e. The highest BCUT2D eigenvalue weighted by atomic mass is 16.5. The Hall–Kier alpha value is -1.28. The molecular weight excluding hydrogens is 234 g/mol. The molecule has 2 nitrogen and oxygen atoms in total. The van der Waals surface area contributed by atoms with Crippen LogP contribution in [0.3, 0.4) is 0 Å². The smallest absolute Gasteiger partial charge is 0.126 e. The van der Waals surface area contributed by atoms with Crippen LogP contribution in [0.15, 0.2) is 30.8 Å². The van der Waals surface area contributed by atoms with Crippen molar-refractivity contribution in [3.05, 3.63) is 36.4 Å². The Bertz CT molecular complexity index is 339. The number of benzene rings is 1. The van der Waals surface area contributed by atoms with Crippen LogP contribution in [0.4, 0.5) is 0 Å². The summed E-state index contributed by atoms with van der Waals surface area (Å²) in [4.78, 5) is 0. The van der Waals surface area contributed by atoms with E-state index in [0.29, 0.717) is 12.1 Å². The van der Waals surface area contributed by atoms with Crippen LogP contribution >= 0.6 is 0 Å². The predicted molar refractivity (Wildman–Crippen MR) is 85.7 cm³/mol. The highest BCUT2D eigenvalue weighted by molar-refractivity contribution is 5.55. The topological polar surface area (TPSA) is 21.3 Å². The lowest BCUT2D eigenvalue weighted by atomic mass is 10.2. The minimum atomic E-state index is 0.625. The summed E-state index contributed by atoms with van der Waals surface area (Å²) >= 11 is 0. The normalized spacial score (nSPS) is 10.1. The third kappa shape index (κ3) is 9.32. The summed E-state index contributed by atoms with van der Waals surface area (Å²) in [6, 6.07) is 9.17. The molecule has 19 heavy (non-hydrogen) atoms. The second-order valence-corrected chi connectivity index (χ2v) is 5.07. The fourth-order valence-corrected chi connectivity index (χ4v) is 1.66. The minimum absolute atomic E-state index is 0.625. The summed E-state index contributed by atoms with van der Waals surface area (Å²) in [6.07, 6.45) is 2.84. The van der Waals surface area contributed by atoms with Gasteiger partial charge in [-0.15, -0.1) is 0 Å². The molecule has 0 fully saturated rings. The lowest BCUT2D eigenvalue weighted by Gasteiger charge is -2.10. The summed E-state index contributed by atoms with van der Waals surface area (Å²) in [5, 5.41) is 3.31. The Morgan fingerprint density at radius 1 is 1.16 bits per heavy atom. The van der Waals surface area contributed by atoms with Crippen molar-refractivity contribution in [2.75, 3.05) is 6.61 Å². The molecule has 1 aromatic carbocycles. The predicted octanol–water partition coefficient (Wildman–Crippen LogP) is 4.51. The van der Waals surface area contributed by atoms with Gasteiger partial charge in [-0.1, -0.05) is 65.5 Å². The van der Waals surface area contributed by atoms with E-state index in [1.54, 1.807) is 0 Å². The van der Waals surface area contributed by atoms with Crippen molar-refractivity contribution in [3.8, 4) is 5.75 Å². The first-order valence-electron chi connectivity index (χ1n) is 7.11. The average molecular weight is 263 g/mol.